The highest BCUT2D eigenvalue weighted by molar-refractivity contribution is 6.08. The number of hydrogen-bond acceptors (Lipinski definition) is 5. The van der Waals surface area contributed by atoms with E-state index < -0.39 is 6.10 Å². The lowest BCUT2D eigenvalue weighted by Crippen LogP contribution is -2.27. The molecule has 0 saturated heterocycles. The molecule has 108 valence electrons. The van der Waals surface area contributed by atoms with Crippen LogP contribution in [0.2, 0.25) is 0 Å². The fourth-order valence-electron chi connectivity index (χ4n) is 3.94. The fourth-order valence-corrected chi connectivity index (χ4v) is 3.94. The number of nitrogens with zero attached hydrogens (tertiary/aromatic N) is 2. The quantitative estimate of drug-likeness (QED) is 0.874. The van der Waals surface area contributed by atoms with Gasteiger partial charge in [0.2, 0.25) is 5.78 Å². The molecule has 5 heteroatoms. The van der Waals surface area contributed by atoms with Gasteiger partial charge in [0.15, 0.2) is 5.69 Å². The van der Waals surface area contributed by atoms with Gasteiger partial charge in [0.1, 0.15) is 5.69 Å². The van der Waals surface area contributed by atoms with Crippen LogP contribution in [0.1, 0.15) is 46.9 Å². The summed E-state index contributed by atoms with van der Waals surface area (Å²) in [5.41, 5.74) is 1.34. The van der Waals surface area contributed by atoms with Gasteiger partial charge in [0.25, 0.3) is 0 Å². The van der Waals surface area contributed by atoms with E-state index in [0.717, 1.165) is 19.3 Å². The summed E-state index contributed by atoms with van der Waals surface area (Å²) < 4.78 is 4.82. The Kier molecular flexibility index (Phi) is 2.89. The van der Waals surface area contributed by atoms with Crippen LogP contribution in [0.5, 0.6) is 0 Å². The molecule has 0 unspecified atom stereocenters. The first-order valence-electron chi connectivity index (χ1n) is 7.36. The smallest absolute Gasteiger partial charge is 0.216 e. The minimum absolute atomic E-state index is 0.113. The number of aliphatic hydroxyl groups is 1. The molecule has 4 rings (SSSR count). The van der Waals surface area contributed by atoms with Crippen molar-refractivity contribution in [1.82, 2.24) is 10.3 Å². The zero-order chi connectivity index (χ0) is 14.4. The van der Waals surface area contributed by atoms with Gasteiger partial charge in [-0.15, -0.1) is 0 Å². The summed E-state index contributed by atoms with van der Waals surface area (Å²) >= 11 is 0. The van der Waals surface area contributed by atoms with Crippen molar-refractivity contribution in [1.29, 1.82) is 0 Å². The third-order valence-electron chi connectivity index (χ3n) is 4.95. The van der Waals surface area contributed by atoms with Gasteiger partial charge < -0.3 is 5.11 Å². The molecule has 0 aliphatic heterocycles. The van der Waals surface area contributed by atoms with Crippen LogP contribution >= 0.6 is 0 Å². The Bertz CT molecular complexity index is 665. The molecule has 2 aromatic rings. The highest BCUT2D eigenvalue weighted by atomic mass is 16.6. The molecule has 2 bridgehead atoms. The minimum Gasteiger partial charge on any atom is -0.392 e. The van der Waals surface area contributed by atoms with Gasteiger partial charge in [-0.1, -0.05) is 35.5 Å². The van der Waals surface area contributed by atoms with E-state index in [2.05, 4.69) is 10.3 Å². The predicted octanol–water partition coefficient (Wildman–Crippen LogP) is 2.18. The Hall–Kier alpha value is -2.01. The van der Waals surface area contributed by atoms with Crippen molar-refractivity contribution in [3.05, 3.63) is 47.3 Å². The first kappa shape index (κ1) is 12.7. The molecule has 21 heavy (non-hydrogen) atoms. The summed E-state index contributed by atoms with van der Waals surface area (Å²) in [7, 11) is 0. The van der Waals surface area contributed by atoms with Gasteiger partial charge in [-0.2, -0.15) is 0 Å². The number of aliphatic hydroxyl groups excluding tert-OH is 1. The van der Waals surface area contributed by atoms with Gasteiger partial charge in [-0.05, 0) is 36.3 Å². The van der Waals surface area contributed by atoms with Crippen molar-refractivity contribution >= 4 is 5.78 Å². The number of ketones is 1. The number of benzene rings is 1. The van der Waals surface area contributed by atoms with Crippen LogP contribution < -0.4 is 0 Å². The van der Waals surface area contributed by atoms with Crippen LogP contribution in [0.4, 0.5) is 0 Å². The number of aromatic nitrogens is 2. The average Bonchev–Trinajstić information content (AvgIpc) is 3.22. The molecule has 1 N–H and O–H groups in total. The maximum absolute atomic E-state index is 12.6. The molecule has 2 aliphatic carbocycles. The maximum Gasteiger partial charge on any atom is 0.216 e. The first-order chi connectivity index (χ1) is 10.3. The summed E-state index contributed by atoms with van der Waals surface area (Å²) in [6.07, 6.45) is 2.73. The van der Waals surface area contributed by atoms with Crippen LogP contribution in [-0.2, 0) is 0 Å². The van der Waals surface area contributed by atoms with E-state index in [1.54, 1.807) is 12.1 Å². The van der Waals surface area contributed by atoms with Gasteiger partial charge >= 0.3 is 0 Å². The third-order valence-corrected chi connectivity index (χ3v) is 4.95. The third kappa shape index (κ3) is 1.92. The largest absolute Gasteiger partial charge is 0.392 e. The van der Waals surface area contributed by atoms with E-state index >= 15 is 0 Å². The molecule has 2 saturated carbocycles. The zero-order valence-electron chi connectivity index (χ0n) is 11.5. The van der Waals surface area contributed by atoms with E-state index in [4.69, 9.17) is 4.63 Å². The predicted molar refractivity (Wildman–Crippen MR) is 73.8 cm³/mol. The second kappa shape index (κ2) is 4.77. The average molecular weight is 284 g/mol. The Balaban J connectivity index is 1.70. The first-order valence-corrected chi connectivity index (χ1v) is 7.36. The van der Waals surface area contributed by atoms with Crippen molar-refractivity contribution < 1.29 is 14.5 Å². The molecule has 0 amide bonds. The van der Waals surface area contributed by atoms with Crippen LogP contribution in [0.25, 0.3) is 0 Å². The number of carbonyl (C=O) groups is 1. The highest BCUT2D eigenvalue weighted by Gasteiger charge is 2.50. The molecule has 0 radical (unpaired) electrons. The van der Waals surface area contributed by atoms with Crippen molar-refractivity contribution in [2.75, 3.05) is 0 Å². The Morgan fingerprint density at radius 1 is 1.14 bits per heavy atom. The van der Waals surface area contributed by atoms with Gasteiger partial charge in [-0.25, -0.2) is 4.63 Å². The molecule has 2 fully saturated rings. The van der Waals surface area contributed by atoms with E-state index in [9.17, 15) is 9.90 Å². The summed E-state index contributed by atoms with van der Waals surface area (Å²) in [6.45, 7) is 0. The molecule has 0 spiro atoms. The number of fused-ring (bicyclic) bond motifs is 2. The van der Waals surface area contributed by atoms with Gasteiger partial charge in [0, 0.05) is 11.5 Å². The summed E-state index contributed by atoms with van der Waals surface area (Å²) in [5, 5.41) is 18.2. The molecule has 1 heterocycles. The lowest BCUT2D eigenvalue weighted by atomic mass is 9.82. The topological polar surface area (TPSA) is 76.2 Å². The Morgan fingerprint density at radius 3 is 2.62 bits per heavy atom. The number of carbonyl (C=O) groups excluding carboxylic acids is 1. The highest BCUT2D eigenvalue weighted by Crippen LogP contribution is 2.53. The molecule has 1 aromatic heterocycles. The Morgan fingerprint density at radius 2 is 1.90 bits per heavy atom. The van der Waals surface area contributed by atoms with Crippen molar-refractivity contribution in [3.63, 3.8) is 0 Å². The maximum atomic E-state index is 12.6. The Labute approximate surface area is 121 Å². The molecular formula is C16H16N2O3. The van der Waals surface area contributed by atoms with Gasteiger partial charge in [-0.3, -0.25) is 4.79 Å². The van der Waals surface area contributed by atoms with E-state index in [1.165, 1.54) is 0 Å². The standard InChI is InChI=1S/C16H16N2O3/c19-15-11-7-6-10(8-11)12(15)13-14(18-21-17-13)16(20)9-4-2-1-3-5-9/h1-5,10-12,15,19H,6-8H2/t10-,11-,12+,15+/m0/s1. The van der Waals surface area contributed by atoms with E-state index in [1.807, 2.05) is 18.2 Å². The lowest BCUT2D eigenvalue weighted by Gasteiger charge is -2.25. The summed E-state index contributed by atoms with van der Waals surface area (Å²) in [6, 6.07) is 8.98. The molecule has 2 aliphatic rings. The van der Waals surface area contributed by atoms with Crippen molar-refractivity contribution in [2.24, 2.45) is 11.8 Å². The lowest BCUT2D eigenvalue weighted by molar-refractivity contribution is 0.0884. The van der Waals surface area contributed by atoms with Crippen LogP contribution in [-0.4, -0.2) is 27.3 Å². The number of hydrogen-bond donors (Lipinski definition) is 1. The monoisotopic (exact) mass is 284 g/mol. The summed E-state index contributed by atoms with van der Waals surface area (Å²) in [5.74, 6) is 0.412. The zero-order valence-corrected chi connectivity index (χ0v) is 11.5. The number of rotatable bonds is 3. The fraction of sp³-hybridized carbons (Fsp3) is 0.438. The van der Waals surface area contributed by atoms with Gasteiger partial charge in [0.05, 0.1) is 6.10 Å². The van der Waals surface area contributed by atoms with E-state index in [0.29, 0.717) is 23.1 Å². The second-order valence-electron chi connectivity index (χ2n) is 6.04. The minimum atomic E-state index is -0.432. The normalized spacial score (nSPS) is 30.7. The molecule has 4 atom stereocenters. The summed E-state index contributed by atoms with van der Waals surface area (Å²) in [4.78, 5) is 12.6. The van der Waals surface area contributed by atoms with E-state index in [-0.39, 0.29) is 17.4 Å². The van der Waals surface area contributed by atoms with Crippen molar-refractivity contribution in [3.8, 4) is 0 Å². The van der Waals surface area contributed by atoms with Crippen LogP contribution in [0, 0.1) is 11.8 Å². The van der Waals surface area contributed by atoms with Crippen molar-refractivity contribution in [2.45, 2.75) is 31.3 Å². The molecule has 1 aromatic carbocycles. The SMILES string of the molecule is O=C(c1ccccc1)c1nonc1[C@H]1[C@H]2CC[C@@H](C2)[C@H]1O. The molecular weight excluding hydrogens is 268 g/mol. The second-order valence-corrected chi connectivity index (χ2v) is 6.04. The van der Waals surface area contributed by atoms with Crippen LogP contribution in [0.3, 0.4) is 0 Å². The molecule has 5 nitrogen and oxygen atoms in total. The van der Waals surface area contributed by atoms with Crippen LogP contribution in [0.15, 0.2) is 35.0 Å².